The average molecular weight is 377 g/mol. The third-order valence-corrected chi connectivity index (χ3v) is 4.78. The van der Waals surface area contributed by atoms with Gasteiger partial charge >= 0.3 is 0 Å². The molecule has 1 aromatic carbocycles. The van der Waals surface area contributed by atoms with Crippen molar-refractivity contribution in [3.05, 3.63) is 35.7 Å². The van der Waals surface area contributed by atoms with Gasteiger partial charge in [0.1, 0.15) is 11.5 Å². The molecule has 25 heavy (non-hydrogen) atoms. The molecule has 3 rings (SSSR count). The topological polar surface area (TPSA) is 86.5 Å². The maximum Gasteiger partial charge on any atom is 0.277 e. The summed E-state index contributed by atoms with van der Waals surface area (Å²) in [4.78, 5) is 13.0. The van der Waals surface area contributed by atoms with Crippen LogP contribution in [0.3, 0.4) is 0 Å². The molecule has 1 amide bonds. The molecule has 1 N–H and O–H groups in total. The quantitative estimate of drug-likeness (QED) is 0.630. The van der Waals surface area contributed by atoms with Gasteiger partial charge in [0.25, 0.3) is 11.1 Å². The molecule has 0 saturated carbocycles. The first-order valence-electron chi connectivity index (χ1n) is 7.21. The van der Waals surface area contributed by atoms with Crippen LogP contribution in [0.2, 0.25) is 0 Å². The van der Waals surface area contributed by atoms with Gasteiger partial charge in [0.15, 0.2) is 0 Å². The lowest BCUT2D eigenvalue weighted by Gasteiger charge is -2.09. The van der Waals surface area contributed by atoms with Crippen molar-refractivity contribution in [2.45, 2.75) is 5.22 Å². The lowest BCUT2D eigenvalue weighted by molar-refractivity contribution is -0.113. The molecular weight excluding hydrogens is 362 g/mol. The Balaban J connectivity index is 1.58. The minimum Gasteiger partial charge on any atom is -0.497 e. The maximum atomic E-state index is 12.1. The van der Waals surface area contributed by atoms with Crippen LogP contribution in [0.5, 0.6) is 11.5 Å². The minimum absolute atomic E-state index is 0.144. The molecule has 7 nitrogen and oxygen atoms in total. The number of amides is 1. The number of ether oxygens (including phenoxy) is 2. The number of hydrogen-bond donors (Lipinski definition) is 1. The van der Waals surface area contributed by atoms with Gasteiger partial charge < -0.3 is 19.2 Å². The van der Waals surface area contributed by atoms with Crippen LogP contribution in [0.4, 0.5) is 5.69 Å². The van der Waals surface area contributed by atoms with Crippen molar-refractivity contribution in [3.8, 4) is 22.3 Å². The highest BCUT2D eigenvalue weighted by Crippen LogP contribution is 2.28. The highest BCUT2D eigenvalue weighted by molar-refractivity contribution is 7.99. The van der Waals surface area contributed by atoms with E-state index >= 15 is 0 Å². The number of thioether (sulfide) groups is 1. The van der Waals surface area contributed by atoms with Crippen LogP contribution < -0.4 is 14.8 Å². The van der Waals surface area contributed by atoms with Crippen LogP contribution in [0.25, 0.3) is 10.8 Å². The van der Waals surface area contributed by atoms with E-state index in [1.165, 1.54) is 23.1 Å². The van der Waals surface area contributed by atoms with Crippen LogP contribution in [0, 0.1) is 0 Å². The zero-order valence-corrected chi connectivity index (χ0v) is 15.1. The van der Waals surface area contributed by atoms with Crippen molar-refractivity contribution < 1.29 is 18.7 Å². The summed E-state index contributed by atoms with van der Waals surface area (Å²) in [5, 5.41) is 13.0. The SMILES string of the molecule is COc1cc(NC(=O)CSc2nnc(-c3cccs3)o2)cc(OC)c1. The Morgan fingerprint density at radius 1 is 1.24 bits per heavy atom. The number of rotatable bonds is 7. The van der Waals surface area contributed by atoms with Gasteiger partial charge in [-0.15, -0.1) is 21.5 Å². The summed E-state index contributed by atoms with van der Waals surface area (Å²) >= 11 is 2.69. The number of nitrogens with one attached hydrogen (secondary N) is 1. The van der Waals surface area contributed by atoms with E-state index in [1.807, 2.05) is 17.5 Å². The largest absolute Gasteiger partial charge is 0.497 e. The summed E-state index contributed by atoms with van der Waals surface area (Å²) in [7, 11) is 3.11. The second kappa shape index (κ2) is 8.04. The summed E-state index contributed by atoms with van der Waals surface area (Å²) in [6.45, 7) is 0. The molecule has 3 aromatic rings. The van der Waals surface area contributed by atoms with Gasteiger partial charge in [-0.1, -0.05) is 17.8 Å². The molecule has 0 aliphatic carbocycles. The Kier molecular flexibility index (Phi) is 5.56. The first-order valence-corrected chi connectivity index (χ1v) is 9.07. The smallest absolute Gasteiger partial charge is 0.277 e. The number of benzene rings is 1. The molecule has 0 bridgehead atoms. The lowest BCUT2D eigenvalue weighted by Crippen LogP contribution is -2.14. The van der Waals surface area contributed by atoms with Gasteiger partial charge in [0.2, 0.25) is 5.91 Å². The minimum atomic E-state index is -0.198. The van der Waals surface area contributed by atoms with Crippen molar-refractivity contribution in [1.82, 2.24) is 10.2 Å². The zero-order valence-electron chi connectivity index (χ0n) is 13.5. The number of thiophene rings is 1. The van der Waals surface area contributed by atoms with Crippen molar-refractivity contribution in [2.24, 2.45) is 0 Å². The zero-order chi connectivity index (χ0) is 17.6. The fourth-order valence-corrected chi connectivity index (χ4v) is 3.18. The summed E-state index contributed by atoms with van der Waals surface area (Å²) in [5.74, 6) is 1.59. The van der Waals surface area contributed by atoms with E-state index in [2.05, 4.69) is 15.5 Å². The van der Waals surface area contributed by atoms with Crippen LogP contribution in [-0.2, 0) is 4.79 Å². The molecule has 0 radical (unpaired) electrons. The van der Waals surface area contributed by atoms with Gasteiger partial charge in [-0.05, 0) is 11.4 Å². The van der Waals surface area contributed by atoms with Crippen molar-refractivity contribution in [3.63, 3.8) is 0 Å². The van der Waals surface area contributed by atoms with E-state index in [4.69, 9.17) is 13.9 Å². The molecule has 2 heterocycles. The molecule has 0 aliphatic rings. The van der Waals surface area contributed by atoms with Crippen molar-refractivity contribution in [2.75, 3.05) is 25.3 Å². The fraction of sp³-hybridized carbons (Fsp3) is 0.188. The molecule has 0 atom stereocenters. The highest BCUT2D eigenvalue weighted by Gasteiger charge is 2.12. The number of methoxy groups -OCH3 is 2. The van der Waals surface area contributed by atoms with Gasteiger partial charge in [0, 0.05) is 23.9 Å². The fourth-order valence-electron chi connectivity index (χ4n) is 1.97. The Hall–Kier alpha value is -2.52. The molecule has 9 heteroatoms. The van der Waals surface area contributed by atoms with Gasteiger partial charge in [-0.2, -0.15) is 0 Å². The van der Waals surface area contributed by atoms with Gasteiger partial charge in [-0.3, -0.25) is 4.79 Å². The number of anilines is 1. The maximum absolute atomic E-state index is 12.1. The Morgan fingerprint density at radius 3 is 2.64 bits per heavy atom. The number of carbonyl (C=O) groups excluding carboxylic acids is 1. The standard InChI is InChI=1S/C16H15N3O4S2/c1-21-11-6-10(7-12(8-11)22-2)17-14(20)9-25-16-19-18-15(23-16)13-4-3-5-24-13/h3-8H,9H2,1-2H3,(H,17,20). The number of carbonyl (C=O) groups is 1. The molecule has 2 aromatic heterocycles. The van der Waals surface area contributed by atoms with E-state index in [0.717, 1.165) is 4.88 Å². The number of aromatic nitrogens is 2. The Labute approximate surface area is 152 Å². The van der Waals surface area contributed by atoms with E-state index in [1.54, 1.807) is 32.4 Å². The predicted molar refractivity (Wildman–Crippen MR) is 96.5 cm³/mol. The normalized spacial score (nSPS) is 10.5. The van der Waals surface area contributed by atoms with Crippen LogP contribution in [0.1, 0.15) is 0 Å². The highest BCUT2D eigenvalue weighted by atomic mass is 32.2. The van der Waals surface area contributed by atoms with E-state index < -0.39 is 0 Å². The first-order chi connectivity index (χ1) is 12.2. The van der Waals surface area contributed by atoms with E-state index in [-0.39, 0.29) is 11.7 Å². The van der Waals surface area contributed by atoms with Crippen LogP contribution in [0.15, 0.2) is 45.4 Å². The third kappa shape index (κ3) is 4.52. The second-order valence-corrected chi connectivity index (χ2v) is 6.66. The van der Waals surface area contributed by atoms with Crippen molar-refractivity contribution in [1.29, 1.82) is 0 Å². The molecule has 0 aliphatic heterocycles. The third-order valence-electron chi connectivity index (χ3n) is 3.10. The molecule has 0 unspecified atom stereocenters. The van der Waals surface area contributed by atoms with Crippen LogP contribution in [-0.4, -0.2) is 36.1 Å². The number of nitrogens with zero attached hydrogens (tertiary/aromatic N) is 2. The van der Waals surface area contributed by atoms with E-state index in [9.17, 15) is 4.79 Å². The lowest BCUT2D eigenvalue weighted by atomic mass is 10.2. The molecule has 0 fully saturated rings. The van der Waals surface area contributed by atoms with Gasteiger partial charge in [-0.25, -0.2) is 0 Å². The monoisotopic (exact) mass is 377 g/mol. The first kappa shape index (κ1) is 17.3. The number of hydrogen-bond acceptors (Lipinski definition) is 8. The Morgan fingerprint density at radius 2 is 2.00 bits per heavy atom. The molecule has 0 spiro atoms. The summed E-state index contributed by atoms with van der Waals surface area (Å²) in [5.41, 5.74) is 0.589. The molecule has 0 saturated heterocycles. The predicted octanol–water partition coefficient (Wildman–Crippen LogP) is 3.55. The summed E-state index contributed by atoms with van der Waals surface area (Å²) < 4.78 is 15.9. The Bertz CT molecular complexity index is 827. The summed E-state index contributed by atoms with van der Waals surface area (Å²) in [6.07, 6.45) is 0. The van der Waals surface area contributed by atoms with Crippen molar-refractivity contribution >= 4 is 34.7 Å². The molecular formula is C16H15N3O4S2. The second-order valence-electron chi connectivity index (χ2n) is 4.79. The summed E-state index contributed by atoms with van der Waals surface area (Å²) in [6, 6.07) is 8.97. The van der Waals surface area contributed by atoms with E-state index in [0.29, 0.717) is 28.3 Å². The molecule has 130 valence electrons. The van der Waals surface area contributed by atoms with Crippen LogP contribution >= 0.6 is 23.1 Å². The van der Waals surface area contributed by atoms with Gasteiger partial charge in [0.05, 0.1) is 24.8 Å². The average Bonchev–Trinajstić information content (AvgIpc) is 3.30.